The van der Waals surface area contributed by atoms with E-state index < -0.39 is 10.0 Å². The van der Waals surface area contributed by atoms with Gasteiger partial charge in [-0.15, -0.1) is 11.3 Å². The lowest BCUT2D eigenvalue weighted by Gasteiger charge is -2.06. The van der Waals surface area contributed by atoms with Gasteiger partial charge in [0.1, 0.15) is 5.75 Å². The molecule has 5 nitrogen and oxygen atoms in total. The first-order chi connectivity index (χ1) is 10.5. The van der Waals surface area contributed by atoms with E-state index in [0.717, 1.165) is 4.88 Å². The van der Waals surface area contributed by atoms with E-state index in [1.54, 1.807) is 18.2 Å². The molecule has 0 saturated heterocycles. The van der Waals surface area contributed by atoms with Gasteiger partial charge in [-0.2, -0.15) is 18.4 Å². The minimum Gasteiger partial charge on any atom is -0.497 e. The summed E-state index contributed by atoms with van der Waals surface area (Å²) in [5.41, 5.74) is 0.633. The minimum absolute atomic E-state index is 0.122. The van der Waals surface area contributed by atoms with Crippen molar-refractivity contribution in [2.75, 3.05) is 7.11 Å². The van der Waals surface area contributed by atoms with E-state index in [1.807, 2.05) is 13.0 Å². The van der Waals surface area contributed by atoms with Gasteiger partial charge in [0.05, 0.1) is 26.9 Å². The number of thiophene rings is 1. The van der Waals surface area contributed by atoms with Crippen molar-refractivity contribution in [1.82, 2.24) is 4.83 Å². The first kappa shape index (κ1) is 16.8. The van der Waals surface area contributed by atoms with Gasteiger partial charge in [-0.3, -0.25) is 0 Å². The highest BCUT2D eigenvalue weighted by atomic mass is 35.5. The Morgan fingerprint density at radius 3 is 2.45 bits per heavy atom. The Morgan fingerprint density at radius 1 is 1.27 bits per heavy atom. The van der Waals surface area contributed by atoms with Gasteiger partial charge in [0.2, 0.25) is 0 Å². The number of nitrogens with zero attached hydrogens (tertiary/aromatic N) is 1. The summed E-state index contributed by atoms with van der Waals surface area (Å²) in [5, 5.41) is 4.02. The summed E-state index contributed by atoms with van der Waals surface area (Å²) in [6.07, 6.45) is 0.585. The van der Waals surface area contributed by atoms with Crippen LogP contribution >= 0.6 is 22.9 Å². The second kappa shape index (κ2) is 7.13. The molecule has 2 aromatic rings. The Labute approximate surface area is 138 Å². The van der Waals surface area contributed by atoms with Crippen molar-refractivity contribution in [3.8, 4) is 5.75 Å². The van der Waals surface area contributed by atoms with Gasteiger partial charge in [-0.05, 0) is 42.8 Å². The van der Waals surface area contributed by atoms with Crippen LogP contribution in [0.15, 0.2) is 46.4 Å². The number of methoxy groups -OCH3 is 1. The van der Waals surface area contributed by atoms with Crippen molar-refractivity contribution in [1.29, 1.82) is 0 Å². The zero-order valence-corrected chi connectivity index (χ0v) is 14.4. The van der Waals surface area contributed by atoms with Crippen LogP contribution in [-0.4, -0.2) is 21.2 Å². The third-order valence-electron chi connectivity index (χ3n) is 2.86. The normalized spacial score (nSPS) is 12.2. The number of sulfonamides is 1. The molecule has 0 amide bonds. The van der Waals surface area contributed by atoms with Crippen molar-refractivity contribution in [3.05, 3.63) is 45.6 Å². The molecule has 0 radical (unpaired) electrons. The summed E-state index contributed by atoms with van der Waals surface area (Å²) in [5.74, 6) is 0.588. The van der Waals surface area contributed by atoms with Gasteiger partial charge in [-0.25, -0.2) is 0 Å². The van der Waals surface area contributed by atoms with Crippen LogP contribution in [0.25, 0.3) is 0 Å². The molecule has 0 saturated carbocycles. The fraction of sp³-hybridized carbons (Fsp3) is 0.214. The predicted octanol–water partition coefficient (Wildman–Crippen LogP) is 3.50. The van der Waals surface area contributed by atoms with Crippen LogP contribution in [0.4, 0.5) is 0 Å². The van der Waals surface area contributed by atoms with Gasteiger partial charge >= 0.3 is 0 Å². The number of halogens is 1. The smallest absolute Gasteiger partial charge is 0.276 e. The van der Waals surface area contributed by atoms with Crippen LogP contribution in [0.5, 0.6) is 5.75 Å². The molecular weight excluding hydrogens is 344 g/mol. The van der Waals surface area contributed by atoms with Crippen molar-refractivity contribution in [3.63, 3.8) is 0 Å². The van der Waals surface area contributed by atoms with Crippen molar-refractivity contribution >= 4 is 38.7 Å². The van der Waals surface area contributed by atoms with E-state index in [4.69, 9.17) is 16.3 Å². The van der Waals surface area contributed by atoms with Crippen molar-refractivity contribution in [2.45, 2.75) is 18.2 Å². The highest BCUT2D eigenvalue weighted by molar-refractivity contribution is 7.89. The summed E-state index contributed by atoms with van der Waals surface area (Å²) in [6.45, 7) is 1.90. The number of hydrogen-bond donors (Lipinski definition) is 1. The van der Waals surface area contributed by atoms with Gasteiger partial charge in [0, 0.05) is 0 Å². The van der Waals surface area contributed by atoms with Gasteiger partial charge in [0.25, 0.3) is 10.0 Å². The van der Waals surface area contributed by atoms with Crippen molar-refractivity contribution < 1.29 is 13.2 Å². The summed E-state index contributed by atoms with van der Waals surface area (Å²) in [7, 11) is -2.19. The molecule has 0 aliphatic heterocycles. The molecule has 2 rings (SSSR count). The number of benzene rings is 1. The van der Waals surface area contributed by atoms with E-state index >= 15 is 0 Å². The second-order valence-corrected chi connectivity index (χ2v) is 7.66. The Hall–Kier alpha value is -1.57. The van der Waals surface area contributed by atoms with Crippen LogP contribution in [-0.2, 0) is 10.0 Å². The van der Waals surface area contributed by atoms with Crippen LogP contribution in [0, 0.1) is 0 Å². The quantitative estimate of drug-likeness (QED) is 0.634. The largest absolute Gasteiger partial charge is 0.497 e. The molecule has 1 aromatic carbocycles. The lowest BCUT2D eigenvalue weighted by Crippen LogP contribution is -2.20. The van der Waals surface area contributed by atoms with E-state index in [-0.39, 0.29) is 4.90 Å². The van der Waals surface area contributed by atoms with Gasteiger partial charge in [0.15, 0.2) is 0 Å². The van der Waals surface area contributed by atoms with E-state index in [9.17, 15) is 8.42 Å². The molecule has 118 valence electrons. The highest BCUT2D eigenvalue weighted by Gasteiger charge is 2.14. The summed E-state index contributed by atoms with van der Waals surface area (Å²) >= 11 is 7.24. The first-order valence-electron chi connectivity index (χ1n) is 6.44. The number of rotatable bonds is 6. The van der Waals surface area contributed by atoms with Crippen LogP contribution in [0.3, 0.4) is 0 Å². The number of nitrogens with one attached hydrogen (secondary N) is 1. The molecule has 0 spiro atoms. The monoisotopic (exact) mass is 358 g/mol. The van der Waals surface area contributed by atoms with Crippen LogP contribution in [0.1, 0.15) is 18.2 Å². The van der Waals surface area contributed by atoms with E-state index in [0.29, 0.717) is 22.2 Å². The molecule has 1 N–H and O–H groups in total. The summed E-state index contributed by atoms with van der Waals surface area (Å²) in [4.78, 5) is 3.21. The SMILES string of the molecule is CCC(=NNS(=O)(=O)c1ccc(OC)cc1)c1ccc(Cl)s1. The Bertz CT molecular complexity index is 768. The van der Waals surface area contributed by atoms with Crippen LogP contribution < -0.4 is 9.57 Å². The zero-order valence-electron chi connectivity index (χ0n) is 12.0. The predicted molar refractivity (Wildman–Crippen MR) is 89.5 cm³/mol. The Kier molecular flexibility index (Phi) is 5.44. The molecule has 0 aliphatic rings. The maximum Gasteiger partial charge on any atom is 0.276 e. The Balaban J connectivity index is 2.21. The molecule has 22 heavy (non-hydrogen) atoms. The Morgan fingerprint density at radius 2 is 1.95 bits per heavy atom. The van der Waals surface area contributed by atoms with Crippen LogP contribution in [0.2, 0.25) is 4.34 Å². The van der Waals surface area contributed by atoms with E-state index in [1.165, 1.54) is 30.6 Å². The van der Waals surface area contributed by atoms with E-state index in [2.05, 4.69) is 9.93 Å². The average molecular weight is 359 g/mol. The minimum atomic E-state index is -3.71. The van der Waals surface area contributed by atoms with Gasteiger partial charge in [-0.1, -0.05) is 18.5 Å². The maximum absolute atomic E-state index is 12.2. The molecule has 0 unspecified atom stereocenters. The number of hydrogen-bond acceptors (Lipinski definition) is 5. The number of ether oxygens (including phenoxy) is 1. The molecule has 1 aromatic heterocycles. The standard InChI is InChI=1S/C14H15ClN2O3S2/c1-3-12(13-8-9-14(15)21-13)16-17-22(18,19)11-6-4-10(20-2)5-7-11/h4-9,17H,3H2,1-2H3. The first-order valence-corrected chi connectivity index (χ1v) is 9.12. The summed E-state index contributed by atoms with van der Waals surface area (Å²) < 4.78 is 30.1. The summed E-state index contributed by atoms with van der Waals surface area (Å²) in [6, 6.07) is 9.66. The number of hydrazone groups is 1. The fourth-order valence-electron chi connectivity index (χ4n) is 1.70. The average Bonchev–Trinajstić information content (AvgIpc) is 2.94. The molecule has 0 bridgehead atoms. The molecule has 0 atom stereocenters. The molecule has 8 heteroatoms. The fourth-order valence-corrected chi connectivity index (χ4v) is 3.63. The third kappa shape index (κ3) is 4.00. The molecular formula is C14H15ClN2O3S2. The third-order valence-corrected chi connectivity index (χ3v) is 5.37. The van der Waals surface area contributed by atoms with Gasteiger partial charge < -0.3 is 4.74 Å². The molecule has 0 fully saturated rings. The lowest BCUT2D eigenvalue weighted by atomic mass is 10.2. The molecule has 0 aliphatic carbocycles. The maximum atomic E-state index is 12.2. The highest BCUT2D eigenvalue weighted by Crippen LogP contribution is 2.23. The second-order valence-electron chi connectivity index (χ2n) is 4.29. The zero-order chi connectivity index (χ0) is 16.2. The van der Waals surface area contributed by atoms with Crippen molar-refractivity contribution in [2.24, 2.45) is 5.10 Å². The lowest BCUT2D eigenvalue weighted by molar-refractivity contribution is 0.414. The molecule has 1 heterocycles. The topological polar surface area (TPSA) is 67.8 Å².